The average Bonchev–Trinajstić information content (AvgIpc) is 2.35. The van der Waals surface area contributed by atoms with Crippen LogP contribution in [0.5, 0.6) is 0 Å². The topological polar surface area (TPSA) is 58.4 Å². The molecule has 100 valence electrons. The predicted molar refractivity (Wildman–Crippen MR) is 70.8 cm³/mol. The molecule has 4 nitrogen and oxygen atoms in total. The van der Waals surface area contributed by atoms with Crippen LogP contribution in [0.15, 0.2) is 0 Å². The normalized spacial score (nSPS) is 24.9. The number of nitrogens with zero attached hydrogens (tertiary/aromatic N) is 1. The molecule has 0 heterocycles. The van der Waals surface area contributed by atoms with Crippen LogP contribution in [-0.4, -0.2) is 43.0 Å². The largest absolute Gasteiger partial charge is 0.359 e. The standard InChI is InChI=1S/C13H27N3O/c1-3-16(10-4-5-13(17)15-2)12-8-6-11(14)7-9-12/h11-12H,3-10,14H2,1-2H3,(H,15,17). The molecule has 4 heteroatoms. The van der Waals surface area contributed by atoms with Crippen molar-refractivity contribution in [3.8, 4) is 0 Å². The molecule has 0 atom stereocenters. The maximum absolute atomic E-state index is 11.2. The third kappa shape index (κ3) is 5.04. The monoisotopic (exact) mass is 241 g/mol. The summed E-state index contributed by atoms with van der Waals surface area (Å²) in [4.78, 5) is 13.7. The minimum absolute atomic E-state index is 0.145. The van der Waals surface area contributed by atoms with E-state index in [4.69, 9.17) is 5.73 Å². The van der Waals surface area contributed by atoms with Gasteiger partial charge < -0.3 is 16.0 Å². The Kier molecular flexibility index (Phi) is 6.52. The highest BCUT2D eigenvalue weighted by molar-refractivity contribution is 5.75. The molecule has 0 unspecified atom stereocenters. The van der Waals surface area contributed by atoms with E-state index in [9.17, 15) is 4.79 Å². The summed E-state index contributed by atoms with van der Waals surface area (Å²) in [5.41, 5.74) is 5.92. The Morgan fingerprint density at radius 1 is 1.35 bits per heavy atom. The second kappa shape index (κ2) is 7.67. The van der Waals surface area contributed by atoms with E-state index in [0.29, 0.717) is 18.5 Å². The van der Waals surface area contributed by atoms with Crippen molar-refractivity contribution in [1.82, 2.24) is 10.2 Å². The van der Waals surface area contributed by atoms with Crippen LogP contribution in [0.25, 0.3) is 0 Å². The van der Waals surface area contributed by atoms with Gasteiger partial charge in [-0.25, -0.2) is 0 Å². The van der Waals surface area contributed by atoms with Gasteiger partial charge in [0, 0.05) is 25.6 Å². The summed E-state index contributed by atoms with van der Waals surface area (Å²) in [6.45, 7) is 4.31. The Morgan fingerprint density at radius 3 is 2.53 bits per heavy atom. The van der Waals surface area contributed by atoms with Gasteiger partial charge in [0.15, 0.2) is 0 Å². The van der Waals surface area contributed by atoms with Crippen molar-refractivity contribution in [2.45, 2.75) is 57.5 Å². The lowest BCUT2D eigenvalue weighted by atomic mass is 9.90. The molecule has 17 heavy (non-hydrogen) atoms. The van der Waals surface area contributed by atoms with Crippen molar-refractivity contribution >= 4 is 5.91 Å². The Bertz CT molecular complexity index is 225. The molecule has 0 saturated heterocycles. The van der Waals surface area contributed by atoms with Gasteiger partial charge in [-0.2, -0.15) is 0 Å². The number of amides is 1. The molecule has 0 aromatic heterocycles. The maximum atomic E-state index is 11.2. The number of nitrogens with one attached hydrogen (secondary N) is 1. The van der Waals surface area contributed by atoms with Gasteiger partial charge >= 0.3 is 0 Å². The second-order valence-electron chi connectivity index (χ2n) is 4.97. The third-order valence-electron chi connectivity index (χ3n) is 3.79. The van der Waals surface area contributed by atoms with Crippen LogP contribution in [0.4, 0.5) is 0 Å². The van der Waals surface area contributed by atoms with Crippen molar-refractivity contribution in [2.24, 2.45) is 5.73 Å². The van der Waals surface area contributed by atoms with Crippen LogP contribution in [-0.2, 0) is 4.79 Å². The minimum Gasteiger partial charge on any atom is -0.359 e. The second-order valence-corrected chi connectivity index (χ2v) is 4.97. The molecule has 0 spiro atoms. The molecule has 3 N–H and O–H groups in total. The van der Waals surface area contributed by atoms with Crippen LogP contribution in [0.2, 0.25) is 0 Å². The number of hydrogen-bond acceptors (Lipinski definition) is 3. The van der Waals surface area contributed by atoms with Gasteiger partial charge in [-0.05, 0) is 45.2 Å². The molecular formula is C13H27N3O. The zero-order valence-corrected chi connectivity index (χ0v) is 11.2. The SMILES string of the molecule is CCN(CCCC(=O)NC)C1CCC(N)CC1. The highest BCUT2D eigenvalue weighted by Crippen LogP contribution is 2.22. The van der Waals surface area contributed by atoms with Crippen LogP contribution in [0.1, 0.15) is 45.4 Å². The summed E-state index contributed by atoms with van der Waals surface area (Å²) >= 11 is 0. The van der Waals surface area contributed by atoms with E-state index in [0.717, 1.165) is 32.4 Å². The Hall–Kier alpha value is -0.610. The van der Waals surface area contributed by atoms with Gasteiger partial charge in [0.25, 0.3) is 0 Å². The molecule has 0 aliphatic heterocycles. The first kappa shape index (κ1) is 14.5. The lowest BCUT2D eigenvalue weighted by Crippen LogP contribution is -2.41. The summed E-state index contributed by atoms with van der Waals surface area (Å²) < 4.78 is 0. The minimum atomic E-state index is 0.145. The molecule has 1 saturated carbocycles. The molecule has 1 rings (SSSR count). The fourth-order valence-electron chi connectivity index (χ4n) is 2.63. The van der Waals surface area contributed by atoms with Gasteiger partial charge in [-0.1, -0.05) is 6.92 Å². The number of hydrogen-bond donors (Lipinski definition) is 2. The lowest BCUT2D eigenvalue weighted by Gasteiger charge is -2.35. The van der Waals surface area contributed by atoms with Crippen LogP contribution >= 0.6 is 0 Å². The summed E-state index contributed by atoms with van der Waals surface area (Å²) in [5.74, 6) is 0.145. The fraction of sp³-hybridized carbons (Fsp3) is 0.923. The van der Waals surface area contributed by atoms with E-state index >= 15 is 0 Å². The van der Waals surface area contributed by atoms with E-state index in [2.05, 4.69) is 17.1 Å². The van der Waals surface area contributed by atoms with Gasteiger partial charge in [0.1, 0.15) is 0 Å². The number of nitrogens with two attached hydrogens (primary N) is 1. The first-order valence-corrected chi connectivity index (χ1v) is 6.87. The summed E-state index contributed by atoms with van der Waals surface area (Å²) in [6.07, 6.45) is 6.33. The molecule has 0 bridgehead atoms. The fourth-order valence-corrected chi connectivity index (χ4v) is 2.63. The van der Waals surface area contributed by atoms with Crippen molar-refractivity contribution in [2.75, 3.05) is 20.1 Å². The van der Waals surface area contributed by atoms with E-state index in [1.54, 1.807) is 7.05 Å². The Labute approximate surface area is 105 Å². The highest BCUT2D eigenvalue weighted by atomic mass is 16.1. The zero-order valence-electron chi connectivity index (χ0n) is 11.2. The lowest BCUT2D eigenvalue weighted by molar-refractivity contribution is -0.120. The van der Waals surface area contributed by atoms with E-state index < -0.39 is 0 Å². The van der Waals surface area contributed by atoms with Crippen molar-refractivity contribution in [1.29, 1.82) is 0 Å². The van der Waals surface area contributed by atoms with Crippen molar-refractivity contribution < 1.29 is 4.79 Å². The van der Waals surface area contributed by atoms with Gasteiger partial charge in [-0.3, -0.25) is 4.79 Å². The first-order valence-electron chi connectivity index (χ1n) is 6.87. The average molecular weight is 241 g/mol. The highest BCUT2D eigenvalue weighted by Gasteiger charge is 2.22. The van der Waals surface area contributed by atoms with Crippen molar-refractivity contribution in [3.05, 3.63) is 0 Å². The first-order chi connectivity index (χ1) is 8.17. The van der Waals surface area contributed by atoms with E-state index in [1.165, 1.54) is 12.8 Å². The summed E-state index contributed by atoms with van der Waals surface area (Å²) in [6, 6.07) is 1.10. The molecule has 0 aromatic carbocycles. The predicted octanol–water partition coefficient (Wildman–Crippen LogP) is 1.10. The molecule has 0 radical (unpaired) electrons. The summed E-state index contributed by atoms with van der Waals surface area (Å²) in [5, 5.41) is 2.67. The Morgan fingerprint density at radius 2 is 2.00 bits per heavy atom. The molecule has 0 aromatic rings. The molecule has 1 aliphatic carbocycles. The van der Waals surface area contributed by atoms with Gasteiger partial charge in [0.2, 0.25) is 5.91 Å². The maximum Gasteiger partial charge on any atom is 0.219 e. The molecule has 1 fully saturated rings. The molecule has 1 aliphatic rings. The number of rotatable bonds is 6. The third-order valence-corrected chi connectivity index (χ3v) is 3.79. The smallest absolute Gasteiger partial charge is 0.219 e. The Balaban J connectivity index is 2.25. The summed E-state index contributed by atoms with van der Waals surface area (Å²) in [7, 11) is 1.70. The zero-order chi connectivity index (χ0) is 12.7. The van der Waals surface area contributed by atoms with Crippen LogP contribution < -0.4 is 11.1 Å². The van der Waals surface area contributed by atoms with Crippen LogP contribution in [0.3, 0.4) is 0 Å². The van der Waals surface area contributed by atoms with Crippen LogP contribution in [0, 0.1) is 0 Å². The number of carbonyl (C=O) groups is 1. The van der Waals surface area contributed by atoms with E-state index in [-0.39, 0.29) is 5.91 Å². The van der Waals surface area contributed by atoms with Gasteiger partial charge in [-0.15, -0.1) is 0 Å². The molecular weight excluding hydrogens is 214 g/mol. The van der Waals surface area contributed by atoms with E-state index in [1.807, 2.05) is 0 Å². The quantitative estimate of drug-likeness (QED) is 0.732. The number of carbonyl (C=O) groups excluding carboxylic acids is 1. The van der Waals surface area contributed by atoms with Gasteiger partial charge in [0.05, 0.1) is 0 Å². The van der Waals surface area contributed by atoms with Crippen molar-refractivity contribution in [3.63, 3.8) is 0 Å². The molecule has 1 amide bonds.